The lowest BCUT2D eigenvalue weighted by atomic mass is 10.5. The molecule has 4 N–H and O–H groups in total. The second-order valence-corrected chi connectivity index (χ2v) is 3.33. The molecule has 0 aromatic heterocycles. The Hall–Kier alpha value is -1.54. The van der Waals surface area contributed by atoms with E-state index in [-0.39, 0.29) is 6.67 Å². The molecule has 8 heteroatoms. The minimum Gasteiger partial charge on any atom is -0.383 e. The summed E-state index contributed by atoms with van der Waals surface area (Å²) in [5.41, 5.74) is 10.4. The monoisotopic (exact) mass is 248 g/mol. The quantitative estimate of drug-likeness (QED) is 0.536. The van der Waals surface area contributed by atoms with Crippen LogP contribution in [0.5, 0.6) is 0 Å². The Morgan fingerprint density at radius 1 is 0.941 bits per heavy atom. The van der Waals surface area contributed by atoms with E-state index < -0.39 is 12.1 Å². The first kappa shape index (κ1) is 15.5. The molecule has 100 valence electrons. The molecular formula is C9H20N4O4. The fourth-order valence-corrected chi connectivity index (χ4v) is 1.11. The van der Waals surface area contributed by atoms with Crippen molar-refractivity contribution in [2.24, 2.45) is 11.5 Å². The van der Waals surface area contributed by atoms with Gasteiger partial charge in [-0.25, -0.2) is 9.59 Å². The van der Waals surface area contributed by atoms with Crippen LogP contribution in [-0.4, -0.2) is 69.1 Å². The Kier molecular flexibility index (Phi) is 7.82. The SMILES string of the molecule is COCCN(CN(CCOC)C(N)=O)C(N)=O. The van der Waals surface area contributed by atoms with E-state index in [0.29, 0.717) is 26.3 Å². The van der Waals surface area contributed by atoms with Gasteiger partial charge in [0.15, 0.2) is 0 Å². The molecule has 0 fully saturated rings. The zero-order chi connectivity index (χ0) is 13.3. The lowest BCUT2D eigenvalue weighted by Gasteiger charge is -2.27. The number of methoxy groups -OCH3 is 2. The lowest BCUT2D eigenvalue weighted by molar-refractivity contribution is 0.104. The second-order valence-electron chi connectivity index (χ2n) is 3.33. The van der Waals surface area contributed by atoms with Crippen LogP contribution in [0.4, 0.5) is 9.59 Å². The lowest BCUT2D eigenvalue weighted by Crippen LogP contribution is -2.49. The van der Waals surface area contributed by atoms with Crippen molar-refractivity contribution in [1.82, 2.24) is 9.80 Å². The molecule has 0 unspecified atom stereocenters. The van der Waals surface area contributed by atoms with Crippen LogP contribution in [0, 0.1) is 0 Å². The van der Waals surface area contributed by atoms with E-state index in [1.807, 2.05) is 0 Å². The number of rotatable bonds is 8. The van der Waals surface area contributed by atoms with Gasteiger partial charge < -0.3 is 30.7 Å². The second kappa shape index (κ2) is 8.59. The molecule has 0 radical (unpaired) electrons. The molecule has 0 rings (SSSR count). The van der Waals surface area contributed by atoms with Gasteiger partial charge in [-0.1, -0.05) is 0 Å². The molecule has 0 aromatic carbocycles. The van der Waals surface area contributed by atoms with Gasteiger partial charge in [0.1, 0.15) is 0 Å². The van der Waals surface area contributed by atoms with Gasteiger partial charge in [0.2, 0.25) is 0 Å². The summed E-state index contributed by atoms with van der Waals surface area (Å²) >= 11 is 0. The maximum atomic E-state index is 11.1. The van der Waals surface area contributed by atoms with Gasteiger partial charge in [-0.3, -0.25) is 0 Å². The van der Waals surface area contributed by atoms with Crippen molar-refractivity contribution in [2.45, 2.75) is 0 Å². The van der Waals surface area contributed by atoms with Gasteiger partial charge in [0, 0.05) is 27.3 Å². The third-order valence-electron chi connectivity index (χ3n) is 2.10. The molecule has 8 nitrogen and oxygen atoms in total. The van der Waals surface area contributed by atoms with E-state index in [9.17, 15) is 9.59 Å². The van der Waals surface area contributed by atoms with Crippen molar-refractivity contribution < 1.29 is 19.1 Å². The number of ether oxygens (including phenoxy) is 2. The third kappa shape index (κ3) is 6.59. The molecule has 4 amide bonds. The van der Waals surface area contributed by atoms with Crippen LogP contribution in [0.15, 0.2) is 0 Å². The molecule has 0 saturated heterocycles. The predicted molar refractivity (Wildman–Crippen MR) is 61.2 cm³/mol. The average molecular weight is 248 g/mol. The number of hydrogen-bond donors (Lipinski definition) is 2. The first-order valence-corrected chi connectivity index (χ1v) is 5.09. The maximum absolute atomic E-state index is 11.1. The van der Waals surface area contributed by atoms with Crippen LogP contribution < -0.4 is 11.5 Å². The Morgan fingerprint density at radius 2 is 1.29 bits per heavy atom. The van der Waals surface area contributed by atoms with Gasteiger partial charge in [-0.05, 0) is 0 Å². The topological polar surface area (TPSA) is 111 Å². The molecular weight excluding hydrogens is 228 g/mol. The number of hydrogen-bond acceptors (Lipinski definition) is 4. The summed E-state index contributed by atoms with van der Waals surface area (Å²) in [6, 6.07) is -1.27. The molecule has 0 heterocycles. The third-order valence-corrected chi connectivity index (χ3v) is 2.10. The Bertz CT molecular complexity index is 225. The summed E-state index contributed by atoms with van der Waals surface area (Å²) in [5.74, 6) is 0. The molecule has 0 aliphatic carbocycles. The van der Waals surface area contributed by atoms with Gasteiger partial charge in [-0.2, -0.15) is 0 Å². The molecule has 0 bridgehead atoms. The first-order valence-electron chi connectivity index (χ1n) is 5.09. The number of amides is 4. The smallest absolute Gasteiger partial charge is 0.316 e. The van der Waals surface area contributed by atoms with Gasteiger partial charge >= 0.3 is 12.1 Å². The summed E-state index contributed by atoms with van der Waals surface area (Å²) in [6.07, 6.45) is 0. The highest BCUT2D eigenvalue weighted by atomic mass is 16.5. The van der Waals surface area contributed by atoms with Gasteiger partial charge in [-0.15, -0.1) is 0 Å². The van der Waals surface area contributed by atoms with Crippen molar-refractivity contribution in [3.05, 3.63) is 0 Å². The fraction of sp³-hybridized carbons (Fsp3) is 0.778. The van der Waals surface area contributed by atoms with Crippen molar-refractivity contribution >= 4 is 12.1 Å². The number of nitrogens with zero attached hydrogens (tertiary/aromatic N) is 2. The van der Waals surface area contributed by atoms with Crippen LogP contribution in [0.3, 0.4) is 0 Å². The molecule has 0 spiro atoms. The van der Waals surface area contributed by atoms with E-state index in [1.54, 1.807) is 0 Å². The van der Waals surface area contributed by atoms with E-state index in [2.05, 4.69) is 0 Å². The van der Waals surface area contributed by atoms with Crippen LogP contribution in [-0.2, 0) is 9.47 Å². The first-order chi connectivity index (χ1) is 8.02. The largest absolute Gasteiger partial charge is 0.383 e. The number of primary amides is 2. The van der Waals surface area contributed by atoms with Gasteiger partial charge in [0.25, 0.3) is 0 Å². The number of urea groups is 2. The fourth-order valence-electron chi connectivity index (χ4n) is 1.11. The highest BCUT2D eigenvalue weighted by molar-refractivity contribution is 5.74. The zero-order valence-electron chi connectivity index (χ0n) is 10.2. The van der Waals surface area contributed by atoms with Crippen molar-refractivity contribution in [3.63, 3.8) is 0 Å². The molecule has 17 heavy (non-hydrogen) atoms. The molecule has 0 aliphatic heterocycles. The molecule has 0 aromatic rings. The van der Waals surface area contributed by atoms with Crippen LogP contribution in [0.25, 0.3) is 0 Å². The Labute approximate surface area is 100 Å². The highest BCUT2D eigenvalue weighted by Gasteiger charge is 2.16. The number of carbonyl (C=O) groups is 2. The minimum absolute atomic E-state index is 0.0252. The van der Waals surface area contributed by atoms with Crippen molar-refractivity contribution in [2.75, 3.05) is 47.2 Å². The zero-order valence-corrected chi connectivity index (χ0v) is 10.2. The summed E-state index contributed by atoms with van der Waals surface area (Å²) in [5, 5.41) is 0. The average Bonchev–Trinajstić information content (AvgIpc) is 2.27. The van der Waals surface area contributed by atoms with Crippen LogP contribution in [0.1, 0.15) is 0 Å². The molecule has 0 aliphatic rings. The molecule has 0 saturated carbocycles. The number of nitrogens with two attached hydrogens (primary N) is 2. The minimum atomic E-state index is -0.634. The van der Waals surface area contributed by atoms with Gasteiger partial charge in [0.05, 0.1) is 19.9 Å². The Balaban J connectivity index is 4.34. The van der Waals surface area contributed by atoms with E-state index in [0.717, 1.165) is 0 Å². The van der Waals surface area contributed by atoms with Crippen LogP contribution >= 0.6 is 0 Å². The Morgan fingerprint density at radius 3 is 1.53 bits per heavy atom. The highest BCUT2D eigenvalue weighted by Crippen LogP contribution is 1.95. The van der Waals surface area contributed by atoms with E-state index >= 15 is 0 Å². The molecule has 0 atom stereocenters. The van der Waals surface area contributed by atoms with Crippen molar-refractivity contribution in [1.29, 1.82) is 0 Å². The predicted octanol–water partition coefficient (Wildman–Crippen LogP) is -1.00. The van der Waals surface area contributed by atoms with E-state index in [1.165, 1.54) is 24.0 Å². The summed E-state index contributed by atoms with van der Waals surface area (Å²) in [6.45, 7) is 1.28. The normalized spacial score (nSPS) is 10.0. The standard InChI is InChI=1S/C9H20N4O4/c1-16-5-3-12(8(10)14)7-13(9(11)15)4-6-17-2/h3-7H2,1-2H3,(H2,10,14)(H2,11,15). The summed E-state index contributed by atoms with van der Waals surface area (Å²) < 4.78 is 9.67. The summed E-state index contributed by atoms with van der Waals surface area (Å²) in [7, 11) is 3.02. The van der Waals surface area contributed by atoms with Crippen LogP contribution in [0.2, 0.25) is 0 Å². The summed E-state index contributed by atoms with van der Waals surface area (Å²) in [4.78, 5) is 24.8. The number of carbonyl (C=O) groups excluding carboxylic acids is 2. The van der Waals surface area contributed by atoms with Crippen molar-refractivity contribution in [3.8, 4) is 0 Å². The maximum Gasteiger partial charge on any atom is 0.316 e. The van der Waals surface area contributed by atoms with E-state index in [4.69, 9.17) is 20.9 Å².